The van der Waals surface area contributed by atoms with Gasteiger partial charge in [-0.25, -0.2) is 4.89 Å². The molecule has 0 aliphatic carbocycles. The van der Waals surface area contributed by atoms with Crippen molar-refractivity contribution >= 4 is 8.32 Å². The van der Waals surface area contributed by atoms with E-state index in [-0.39, 0.29) is 11.1 Å². The van der Waals surface area contributed by atoms with E-state index in [1.807, 2.05) is 6.08 Å². The van der Waals surface area contributed by atoms with Gasteiger partial charge in [-0.15, -0.1) is 6.58 Å². The molecule has 0 unspecified atom stereocenters. The fourth-order valence-electron chi connectivity index (χ4n) is 1.26. The van der Waals surface area contributed by atoms with Crippen LogP contribution in [0.4, 0.5) is 0 Å². The summed E-state index contributed by atoms with van der Waals surface area (Å²) in [6.07, 6.45) is 5.48. The van der Waals surface area contributed by atoms with E-state index in [2.05, 4.69) is 54.3 Å². The van der Waals surface area contributed by atoms with Gasteiger partial charge in [0.1, 0.15) is 0 Å². The van der Waals surface area contributed by atoms with Crippen LogP contribution >= 0.6 is 0 Å². The standard InChI is InChI=1S/C15H32O2Si/c1-9-11-12-14(13(3)10-2)16-17-18(7,8)15(4,5)6/h10,13-14H,2,9,11-12H2,1,3-8H3/t13-,14+/m0/s1. The third-order valence-corrected chi connectivity index (χ3v) is 8.11. The molecule has 0 fully saturated rings. The van der Waals surface area contributed by atoms with Gasteiger partial charge in [-0.1, -0.05) is 53.5 Å². The van der Waals surface area contributed by atoms with Crippen LogP contribution < -0.4 is 0 Å². The molecule has 0 rings (SSSR count). The second kappa shape index (κ2) is 7.46. The monoisotopic (exact) mass is 272 g/mol. The summed E-state index contributed by atoms with van der Waals surface area (Å²) in [6.45, 7) is 19.3. The topological polar surface area (TPSA) is 18.5 Å². The highest BCUT2D eigenvalue weighted by Gasteiger charge is 2.39. The van der Waals surface area contributed by atoms with Crippen molar-refractivity contribution < 1.29 is 9.46 Å². The molecule has 2 nitrogen and oxygen atoms in total. The van der Waals surface area contributed by atoms with Gasteiger partial charge in [-0.3, -0.25) is 4.58 Å². The molecular weight excluding hydrogens is 240 g/mol. The lowest BCUT2D eigenvalue weighted by atomic mass is 10.00. The highest BCUT2D eigenvalue weighted by Crippen LogP contribution is 2.37. The number of hydrogen-bond donors (Lipinski definition) is 0. The lowest BCUT2D eigenvalue weighted by Gasteiger charge is -2.36. The zero-order chi connectivity index (χ0) is 14.4. The normalized spacial score (nSPS) is 16.4. The zero-order valence-electron chi connectivity index (χ0n) is 13.4. The van der Waals surface area contributed by atoms with E-state index in [1.54, 1.807) is 0 Å². The summed E-state index contributed by atoms with van der Waals surface area (Å²) in [5.74, 6) is 0.335. The van der Waals surface area contributed by atoms with Crippen LogP contribution in [0.5, 0.6) is 0 Å². The average Bonchev–Trinajstić information content (AvgIpc) is 2.26. The third-order valence-electron chi connectivity index (χ3n) is 3.99. The van der Waals surface area contributed by atoms with Crippen LogP contribution in [0.3, 0.4) is 0 Å². The van der Waals surface area contributed by atoms with E-state index in [0.717, 1.165) is 6.42 Å². The van der Waals surface area contributed by atoms with Gasteiger partial charge in [0, 0.05) is 5.92 Å². The molecule has 0 aromatic rings. The van der Waals surface area contributed by atoms with Crippen LogP contribution in [-0.2, 0) is 9.46 Å². The Hall–Kier alpha value is -0.123. The summed E-state index contributed by atoms with van der Waals surface area (Å²) in [5.41, 5.74) is 0. The Labute approximate surface area is 115 Å². The van der Waals surface area contributed by atoms with E-state index in [4.69, 9.17) is 9.46 Å². The quantitative estimate of drug-likeness (QED) is 0.258. The second-order valence-corrected chi connectivity index (χ2v) is 11.4. The SMILES string of the molecule is C=C[C@H](C)[C@@H](CCCC)OO[Si](C)(C)C(C)(C)C. The van der Waals surface area contributed by atoms with E-state index >= 15 is 0 Å². The minimum absolute atomic E-state index is 0.136. The Bertz CT molecular complexity index is 243. The molecule has 0 amide bonds. The summed E-state index contributed by atoms with van der Waals surface area (Å²) in [4.78, 5) is 5.78. The van der Waals surface area contributed by atoms with Crippen molar-refractivity contribution in [3.05, 3.63) is 12.7 Å². The summed E-state index contributed by atoms with van der Waals surface area (Å²) in [7, 11) is -1.82. The summed E-state index contributed by atoms with van der Waals surface area (Å²) >= 11 is 0. The van der Waals surface area contributed by atoms with Gasteiger partial charge >= 0.3 is 0 Å². The first kappa shape index (κ1) is 17.9. The van der Waals surface area contributed by atoms with Crippen molar-refractivity contribution in [1.29, 1.82) is 0 Å². The van der Waals surface area contributed by atoms with E-state index < -0.39 is 8.32 Å². The maximum atomic E-state index is 5.87. The molecule has 3 heteroatoms. The molecule has 0 heterocycles. The van der Waals surface area contributed by atoms with Gasteiger partial charge in [0.25, 0.3) is 0 Å². The Kier molecular flexibility index (Phi) is 7.41. The minimum atomic E-state index is -1.82. The molecule has 0 bridgehead atoms. The maximum Gasteiger partial charge on any atom is 0.238 e. The molecule has 0 aromatic heterocycles. The van der Waals surface area contributed by atoms with Crippen LogP contribution in [0.15, 0.2) is 12.7 Å². The molecule has 0 aliphatic heterocycles. The van der Waals surface area contributed by atoms with E-state index in [1.165, 1.54) is 12.8 Å². The number of unbranched alkanes of at least 4 members (excludes halogenated alkanes) is 1. The van der Waals surface area contributed by atoms with Crippen molar-refractivity contribution in [3.8, 4) is 0 Å². The van der Waals surface area contributed by atoms with Gasteiger partial charge in [-0.2, -0.15) is 0 Å². The van der Waals surface area contributed by atoms with Crippen LogP contribution in [0.2, 0.25) is 18.1 Å². The first-order chi connectivity index (χ1) is 8.15. The highest BCUT2D eigenvalue weighted by molar-refractivity contribution is 6.73. The fourth-order valence-corrected chi connectivity index (χ4v) is 1.88. The molecule has 0 saturated carbocycles. The van der Waals surface area contributed by atoms with Crippen molar-refractivity contribution in [2.24, 2.45) is 5.92 Å². The number of hydrogen-bond acceptors (Lipinski definition) is 2. The highest BCUT2D eigenvalue weighted by atomic mass is 28.4. The predicted octanol–water partition coefficient (Wildman–Crippen LogP) is 5.32. The Morgan fingerprint density at radius 1 is 1.28 bits per heavy atom. The molecule has 0 N–H and O–H groups in total. The van der Waals surface area contributed by atoms with E-state index in [9.17, 15) is 0 Å². The van der Waals surface area contributed by atoms with E-state index in [0.29, 0.717) is 5.92 Å². The third kappa shape index (κ3) is 5.68. The molecule has 0 aromatic carbocycles. The summed E-state index contributed by atoms with van der Waals surface area (Å²) < 4.78 is 5.87. The molecular formula is C15H32O2Si. The van der Waals surface area contributed by atoms with Crippen molar-refractivity contribution in [1.82, 2.24) is 0 Å². The minimum Gasteiger partial charge on any atom is -0.286 e. The largest absolute Gasteiger partial charge is 0.286 e. The molecule has 0 aliphatic rings. The Morgan fingerprint density at radius 2 is 1.83 bits per heavy atom. The first-order valence-corrected chi connectivity index (χ1v) is 10.0. The Morgan fingerprint density at radius 3 is 2.22 bits per heavy atom. The molecule has 0 spiro atoms. The van der Waals surface area contributed by atoms with Gasteiger partial charge in [0.05, 0.1) is 6.10 Å². The molecule has 0 saturated heterocycles. The smallest absolute Gasteiger partial charge is 0.238 e. The van der Waals surface area contributed by atoms with Crippen LogP contribution in [0.25, 0.3) is 0 Å². The van der Waals surface area contributed by atoms with Crippen LogP contribution in [0, 0.1) is 5.92 Å². The Balaban J connectivity index is 4.46. The molecule has 2 atom stereocenters. The van der Waals surface area contributed by atoms with Crippen molar-refractivity contribution in [2.75, 3.05) is 0 Å². The van der Waals surface area contributed by atoms with Crippen LogP contribution in [-0.4, -0.2) is 14.4 Å². The van der Waals surface area contributed by atoms with Gasteiger partial charge in [0.2, 0.25) is 8.32 Å². The lowest BCUT2D eigenvalue weighted by molar-refractivity contribution is -0.267. The van der Waals surface area contributed by atoms with Crippen LogP contribution in [0.1, 0.15) is 53.9 Å². The zero-order valence-corrected chi connectivity index (χ0v) is 14.4. The van der Waals surface area contributed by atoms with Gasteiger partial charge < -0.3 is 0 Å². The van der Waals surface area contributed by atoms with Gasteiger partial charge in [0.15, 0.2) is 0 Å². The molecule has 108 valence electrons. The molecule has 18 heavy (non-hydrogen) atoms. The number of rotatable bonds is 8. The summed E-state index contributed by atoms with van der Waals surface area (Å²) in [5, 5.41) is 0.180. The average molecular weight is 273 g/mol. The first-order valence-electron chi connectivity index (χ1n) is 7.12. The van der Waals surface area contributed by atoms with Crippen molar-refractivity contribution in [2.45, 2.75) is 78.1 Å². The lowest BCUT2D eigenvalue weighted by Crippen LogP contribution is -2.42. The van der Waals surface area contributed by atoms with Crippen molar-refractivity contribution in [3.63, 3.8) is 0 Å². The molecule has 0 radical (unpaired) electrons. The summed E-state index contributed by atoms with van der Waals surface area (Å²) in [6, 6.07) is 0. The maximum absolute atomic E-state index is 5.87. The van der Waals surface area contributed by atoms with Gasteiger partial charge in [-0.05, 0) is 24.6 Å². The predicted molar refractivity (Wildman–Crippen MR) is 82.0 cm³/mol. The second-order valence-electron chi connectivity index (χ2n) is 6.72. The fraction of sp³-hybridized carbons (Fsp3) is 0.867.